The van der Waals surface area contributed by atoms with Crippen LogP contribution in [0.1, 0.15) is 31.2 Å². The first kappa shape index (κ1) is 18.5. The van der Waals surface area contributed by atoms with Gasteiger partial charge in [0.15, 0.2) is 11.5 Å². The molecule has 0 unspecified atom stereocenters. The van der Waals surface area contributed by atoms with Crippen molar-refractivity contribution in [3.8, 4) is 11.5 Å². The first-order valence-electron chi connectivity index (χ1n) is 9.40. The summed E-state index contributed by atoms with van der Waals surface area (Å²) in [5.41, 5.74) is 1.05. The van der Waals surface area contributed by atoms with E-state index in [0.717, 1.165) is 37.9 Å². The van der Waals surface area contributed by atoms with Crippen LogP contribution in [0.25, 0.3) is 0 Å². The maximum atomic E-state index is 12.6. The Morgan fingerprint density at radius 1 is 1.00 bits per heavy atom. The number of rotatable bonds is 6. The van der Waals surface area contributed by atoms with Crippen LogP contribution in [0.5, 0.6) is 11.5 Å². The van der Waals surface area contributed by atoms with E-state index in [0.29, 0.717) is 37.4 Å². The first-order valence-corrected chi connectivity index (χ1v) is 9.40. The minimum Gasteiger partial charge on any atom is -0.493 e. The molecule has 6 heteroatoms. The second-order valence-electron chi connectivity index (χ2n) is 7.02. The van der Waals surface area contributed by atoms with Gasteiger partial charge in [0.25, 0.3) is 0 Å². The fraction of sp³-hybridized carbons (Fsp3) is 0.600. The summed E-state index contributed by atoms with van der Waals surface area (Å²) in [6.07, 6.45) is 4.06. The molecule has 0 spiro atoms. The standard InChI is InChI=1S/C20H28N2O4/c1-25-17-8-4-15(14-18(17)26-2)5-9-19(23)21-10-3-11-22(13-12-21)20(24)16-6-7-16/h4,8,14,16H,3,5-7,9-13H2,1-2H3. The van der Waals surface area contributed by atoms with Gasteiger partial charge in [-0.25, -0.2) is 0 Å². The van der Waals surface area contributed by atoms with Crippen LogP contribution < -0.4 is 9.47 Å². The van der Waals surface area contributed by atoms with Gasteiger partial charge in [-0.1, -0.05) is 6.07 Å². The molecule has 0 bridgehead atoms. The highest BCUT2D eigenvalue weighted by Gasteiger charge is 2.34. The molecule has 1 saturated heterocycles. The van der Waals surface area contributed by atoms with E-state index in [1.807, 2.05) is 28.0 Å². The summed E-state index contributed by atoms with van der Waals surface area (Å²) in [7, 11) is 3.22. The van der Waals surface area contributed by atoms with E-state index in [1.54, 1.807) is 14.2 Å². The van der Waals surface area contributed by atoms with Crippen LogP contribution in [0, 0.1) is 5.92 Å². The number of ether oxygens (including phenoxy) is 2. The maximum Gasteiger partial charge on any atom is 0.225 e. The van der Waals surface area contributed by atoms with E-state index in [2.05, 4.69) is 0 Å². The van der Waals surface area contributed by atoms with Crippen molar-refractivity contribution in [1.29, 1.82) is 0 Å². The number of carbonyl (C=O) groups excluding carboxylic acids is 2. The molecule has 3 rings (SSSR count). The number of benzene rings is 1. The summed E-state index contributed by atoms with van der Waals surface area (Å²) in [4.78, 5) is 28.7. The summed E-state index contributed by atoms with van der Waals surface area (Å²) in [5, 5.41) is 0. The molecule has 142 valence electrons. The molecule has 0 atom stereocenters. The van der Waals surface area contributed by atoms with Gasteiger partial charge in [0, 0.05) is 38.5 Å². The molecule has 1 aromatic rings. The van der Waals surface area contributed by atoms with Gasteiger partial charge in [0.05, 0.1) is 14.2 Å². The highest BCUT2D eigenvalue weighted by Crippen LogP contribution is 2.31. The molecule has 1 aliphatic heterocycles. The third kappa shape index (κ3) is 4.48. The fourth-order valence-electron chi connectivity index (χ4n) is 3.42. The van der Waals surface area contributed by atoms with Crippen molar-refractivity contribution < 1.29 is 19.1 Å². The third-order valence-corrected chi connectivity index (χ3v) is 5.16. The summed E-state index contributed by atoms with van der Waals surface area (Å²) in [5.74, 6) is 2.06. The molecule has 2 fully saturated rings. The van der Waals surface area contributed by atoms with Gasteiger partial charge in [-0.2, -0.15) is 0 Å². The van der Waals surface area contributed by atoms with Crippen LogP contribution >= 0.6 is 0 Å². The number of amides is 2. The predicted octanol–water partition coefficient (Wildman–Crippen LogP) is 2.11. The van der Waals surface area contributed by atoms with Gasteiger partial charge < -0.3 is 19.3 Å². The smallest absolute Gasteiger partial charge is 0.225 e. The summed E-state index contributed by atoms with van der Waals surface area (Å²) >= 11 is 0. The Hall–Kier alpha value is -2.24. The van der Waals surface area contributed by atoms with Crippen LogP contribution in [0.2, 0.25) is 0 Å². The van der Waals surface area contributed by atoms with Crippen LogP contribution in [0.3, 0.4) is 0 Å². The van der Waals surface area contributed by atoms with Crippen molar-refractivity contribution in [2.75, 3.05) is 40.4 Å². The average Bonchev–Trinajstić information content (AvgIpc) is 3.52. The van der Waals surface area contributed by atoms with E-state index in [1.165, 1.54) is 0 Å². The Morgan fingerprint density at radius 2 is 1.69 bits per heavy atom. The molecule has 26 heavy (non-hydrogen) atoms. The van der Waals surface area contributed by atoms with Gasteiger partial charge in [-0.3, -0.25) is 9.59 Å². The Labute approximate surface area is 155 Å². The lowest BCUT2D eigenvalue weighted by Gasteiger charge is -2.22. The lowest BCUT2D eigenvalue weighted by Crippen LogP contribution is -2.38. The largest absolute Gasteiger partial charge is 0.493 e. The summed E-state index contributed by atoms with van der Waals surface area (Å²) in [6, 6.07) is 5.75. The molecule has 0 radical (unpaired) electrons. The van der Waals surface area contributed by atoms with E-state index >= 15 is 0 Å². The number of aryl methyl sites for hydroxylation is 1. The highest BCUT2D eigenvalue weighted by molar-refractivity contribution is 5.81. The van der Waals surface area contributed by atoms with Crippen molar-refractivity contribution in [1.82, 2.24) is 9.80 Å². The second-order valence-corrected chi connectivity index (χ2v) is 7.02. The molecule has 2 amide bonds. The minimum atomic E-state index is 0.153. The average molecular weight is 360 g/mol. The normalized spacial score (nSPS) is 17.6. The second kappa shape index (κ2) is 8.43. The van der Waals surface area contributed by atoms with E-state index in [9.17, 15) is 9.59 Å². The zero-order valence-electron chi connectivity index (χ0n) is 15.7. The van der Waals surface area contributed by atoms with Crippen molar-refractivity contribution in [2.24, 2.45) is 5.92 Å². The Balaban J connectivity index is 1.51. The zero-order chi connectivity index (χ0) is 18.5. The summed E-state index contributed by atoms with van der Waals surface area (Å²) < 4.78 is 10.6. The molecule has 1 aromatic carbocycles. The third-order valence-electron chi connectivity index (χ3n) is 5.16. The van der Waals surface area contributed by atoms with Gasteiger partial charge in [0.2, 0.25) is 11.8 Å². The molecule has 0 N–H and O–H groups in total. The van der Waals surface area contributed by atoms with Crippen LogP contribution in [-0.2, 0) is 16.0 Å². The first-order chi connectivity index (χ1) is 12.6. The molecule has 1 saturated carbocycles. The SMILES string of the molecule is COc1ccc(CCC(=O)N2CCCN(C(=O)C3CC3)CC2)cc1OC. The number of nitrogens with zero attached hydrogens (tertiary/aromatic N) is 2. The molecule has 6 nitrogen and oxygen atoms in total. The zero-order valence-corrected chi connectivity index (χ0v) is 15.7. The van der Waals surface area contributed by atoms with E-state index < -0.39 is 0 Å². The predicted molar refractivity (Wildman–Crippen MR) is 98.4 cm³/mol. The topological polar surface area (TPSA) is 59.1 Å². The Kier molecular flexibility index (Phi) is 6.01. The van der Waals surface area contributed by atoms with Crippen molar-refractivity contribution in [3.05, 3.63) is 23.8 Å². The van der Waals surface area contributed by atoms with Crippen LogP contribution in [-0.4, -0.2) is 62.0 Å². The quantitative estimate of drug-likeness (QED) is 0.780. The van der Waals surface area contributed by atoms with Crippen molar-refractivity contribution in [2.45, 2.75) is 32.1 Å². The highest BCUT2D eigenvalue weighted by atomic mass is 16.5. The molecule has 2 aliphatic rings. The number of hydrogen-bond acceptors (Lipinski definition) is 4. The molecule has 1 heterocycles. The monoisotopic (exact) mass is 360 g/mol. The van der Waals surface area contributed by atoms with Crippen molar-refractivity contribution in [3.63, 3.8) is 0 Å². The summed E-state index contributed by atoms with van der Waals surface area (Å²) in [6.45, 7) is 2.81. The minimum absolute atomic E-state index is 0.153. The number of methoxy groups -OCH3 is 2. The fourth-order valence-corrected chi connectivity index (χ4v) is 3.42. The van der Waals surface area contributed by atoms with E-state index in [-0.39, 0.29) is 17.7 Å². The molecule has 1 aliphatic carbocycles. The Bertz CT molecular complexity index is 657. The van der Waals surface area contributed by atoms with Crippen LogP contribution in [0.15, 0.2) is 18.2 Å². The lowest BCUT2D eigenvalue weighted by molar-refractivity contribution is -0.134. The van der Waals surface area contributed by atoms with Crippen LogP contribution in [0.4, 0.5) is 0 Å². The van der Waals surface area contributed by atoms with Gasteiger partial charge in [-0.15, -0.1) is 0 Å². The number of carbonyl (C=O) groups is 2. The maximum absolute atomic E-state index is 12.6. The molecule has 0 aromatic heterocycles. The van der Waals surface area contributed by atoms with Gasteiger partial charge in [0.1, 0.15) is 0 Å². The lowest BCUT2D eigenvalue weighted by atomic mass is 10.1. The van der Waals surface area contributed by atoms with Gasteiger partial charge >= 0.3 is 0 Å². The molecular weight excluding hydrogens is 332 g/mol. The van der Waals surface area contributed by atoms with Gasteiger partial charge in [-0.05, 0) is 43.4 Å². The number of hydrogen-bond donors (Lipinski definition) is 0. The Morgan fingerprint density at radius 3 is 2.38 bits per heavy atom. The van der Waals surface area contributed by atoms with Crippen molar-refractivity contribution >= 4 is 11.8 Å². The molecular formula is C20H28N2O4. The van der Waals surface area contributed by atoms with E-state index in [4.69, 9.17) is 9.47 Å².